The summed E-state index contributed by atoms with van der Waals surface area (Å²) in [5.41, 5.74) is 3.41. The summed E-state index contributed by atoms with van der Waals surface area (Å²) < 4.78 is 5.09. The molecule has 0 fully saturated rings. The van der Waals surface area contributed by atoms with Gasteiger partial charge in [-0.15, -0.1) is 0 Å². The zero-order valence-electron chi connectivity index (χ0n) is 12.8. The molecule has 2 rings (SSSR count). The highest BCUT2D eigenvalue weighted by Gasteiger charge is 2.20. The molecule has 0 aliphatic carbocycles. The number of hydrogen-bond donors (Lipinski definition) is 1. The molecule has 0 saturated heterocycles. The minimum absolute atomic E-state index is 0.135. The standard InChI is InChI=1S/C19H24O2/c1-3-18(16-7-5-4-6-8-16)19(20)17-11-9-15(10-12-17)13-14-21-2/h4-12,18-20H,3,13-14H2,1-2H3. The van der Waals surface area contributed by atoms with Gasteiger partial charge in [0.25, 0.3) is 0 Å². The molecule has 112 valence electrons. The van der Waals surface area contributed by atoms with E-state index in [2.05, 4.69) is 31.2 Å². The summed E-state index contributed by atoms with van der Waals surface area (Å²) in [6, 6.07) is 18.5. The zero-order valence-corrected chi connectivity index (χ0v) is 12.8. The summed E-state index contributed by atoms with van der Waals surface area (Å²) in [4.78, 5) is 0. The molecule has 2 heteroatoms. The monoisotopic (exact) mass is 284 g/mol. The van der Waals surface area contributed by atoms with Crippen molar-refractivity contribution < 1.29 is 9.84 Å². The van der Waals surface area contributed by atoms with Gasteiger partial charge in [-0.05, 0) is 29.5 Å². The molecule has 0 amide bonds. The van der Waals surface area contributed by atoms with Crippen molar-refractivity contribution in [1.82, 2.24) is 0 Å². The lowest BCUT2D eigenvalue weighted by Crippen LogP contribution is -2.10. The molecule has 0 bridgehead atoms. The Bertz CT molecular complexity index is 519. The number of hydrogen-bond acceptors (Lipinski definition) is 2. The minimum Gasteiger partial charge on any atom is -0.388 e. The second kappa shape index (κ2) is 7.96. The van der Waals surface area contributed by atoms with Crippen LogP contribution < -0.4 is 0 Å². The molecular formula is C19H24O2. The Kier molecular flexibility index (Phi) is 5.97. The van der Waals surface area contributed by atoms with Gasteiger partial charge in [-0.1, -0.05) is 61.5 Å². The number of methoxy groups -OCH3 is 1. The topological polar surface area (TPSA) is 29.5 Å². The Morgan fingerprint density at radius 2 is 1.62 bits per heavy atom. The van der Waals surface area contributed by atoms with E-state index in [-0.39, 0.29) is 5.92 Å². The maximum atomic E-state index is 10.7. The van der Waals surface area contributed by atoms with Crippen LogP contribution >= 0.6 is 0 Å². The van der Waals surface area contributed by atoms with Crippen LogP contribution in [0.4, 0.5) is 0 Å². The molecule has 0 heterocycles. The molecule has 2 aromatic carbocycles. The molecule has 2 unspecified atom stereocenters. The van der Waals surface area contributed by atoms with Crippen molar-refractivity contribution in [3.8, 4) is 0 Å². The van der Waals surface area contributed by atoms with E-state index in [1.807, 2.05) is 30.3 Å². The Labute approximate surface area is 127 Å². The average Bonchev–Trinajstić information content (AvgIpc) is 2.55. The van der Waals surface area contributed by atoms with Gasteiger partial charge in [0.05, 0.1) is 12.7 Å². The van der Waals surface area contributed by atoms with E-state index in [4.69, 9.17) is 4.74 Å². The zero-order chi connectivity index (χ0) is 15.1. The van der Waals surface area contributed by atoms with E-state index >= 15 is 0 Å². The van der Waals surface area contributed by atoms with Crippen LogP contribution in [0.2, 0.25) is 0 Å². The lowest BCUT2D eigenvalue weighted by molar-refractivity contribution is 0.142. The third-order valence-electron chi connectivity index (χ3n) is 3.96. The minimum atomic E-state index is -0.464. The fourth-order valence-electron chi connectivity index (χ4n) is 2.68. The molecule has 2 atom stereocenters. The normalized spacial score (nSPS) is 13.9. The van der Waals surface area contributed by atoms with Gasteiger partial charge in [-0.2, -0.15) is 0 Å². The summed E-state index contributed by atoms with van der Waals surface area (Å²) in [5.74, 6) is 0.135. The number of rotatable bonds is 7. The fraction of sp³-hybridized carbons (Fsp3) is 0.368. The number of aliphatic hydroxyl groups excluding tert-OH is 1. The Hall–Kier alpha value is -1.64. The van der Waals surface area contributed by atoms with Crippen LogP contribution in [0, 0.1) is 0 Å². The van der Waals surface area contributed by atoms with Crippen LogP contribution in [0.5, 0.6) is 0 Å². The Morgan fingerprint density at radius 1 is 0.952 bits per heavy atom. The lowest BCUT2D eigenvalue weighted by Gasteiger charge is -2.22. The molecule has 0 aliphatic rings. The predicted molar refractivity (Wildman–Crippen MR) is 86.5 cm³/mol. The van der Waals surface area contributed by atoms with Crippen LogP contribution in [0.25, 0.3) is 0 Å². The number of benzene rings is 2. The molecule has 2 aromatic rings. The van der Waals surface area contributed by atoms with Crippen molar-refractivity contribution >= 4 is 0 Å². The summed E-state index contributed by atoms with van der Waals surface area (Å²) in [5, 5.41) is 10.7. The molecule has 2 nitrogen and oxygen atoms in total. The highest BCUT2D eigenvalue weighted by Crippen LogP contribution is 2.33. The first kappa shape index (κ1) is 15.7. The van der Waals surface area contributed by atoms with Gasteiger partial charge in [0.1, 0.15) is 0 Å². The number of ether oxygens (including phenoxy) is 1. The van der Waals surface area contributed by atoms with Crippen molar-refractivity contribution in [3.05, 3.63) is 71.3 Å². The van der Waals surface area contributed by atoms with Crippen LogP contribution in [0.15, 0.2) is 54.6 Å². The van der Waals surface area contributed by atoms with Gasteiger partial charge in [0.15, 0.2) is 0 Å². The maximum absolute atomic E-state index is 10.7. The smallest absolute Gasteiger partial charge is 0.0858 e. The summed E-state index contributed by atoms with van der Waals surface area (Å²) in [6.45, 7) is 2.84. The van der Waals surface area contributed by atoms with E-state index in [0.29, 0.717) is 0 Å². The van der Waals surface area contributed by atoms with Crippen molar-refractivity contribution in [2.24, 2.45) is 0 Å². The fourth-order valence-corrected chi connectivity index (χ4v) is 2.68. The van der Waals surface area contributed by atoms with E-state index in [0.717, 1.165) is 25.0 Å². The largest absolute Gasteiger partial charge is 0.388 e. The lowest BCUT2D eigenvalue weighted by atomic mass is 9.87. The average molecular weight is 284 g/mol. The summed E-state index contributed by atoms with van der Waals surface area (Å²) in [7, 11) is 1.71. The van der Waals surface area contributed by atoms with Crippen molar-refractivity contribution in [1.29, 1.82) is 0 Å². The van der Waals surface area contributed by atoms with Gasteiger partial charge in [-0.3, -0.25) is 0 Å². The van der Waals surface area contributed by atoms with Crippen LogP contribution in [0.1, 0.15) is 42.1 Å². The highest BCUT2D eigenvalue weighted by molar-refractivity contribution is 5.29. The van der Waals surface area contributed by atoms with E-state index < -0.39 is 6.10 Å². The van der Waals surface area contributed by atoms with E-state index in [1.165, 1.54) is 11.1 Å². The first-order chi connectivity index (χ1) is 10.3. The Balaban J connectivity index is 2.12. The van der Waals surface area contributed by atoms with E-state index in [9.17, 15) is 5.11 Å². The van der Waals surface area contributed by atoms with Crippen molar-refractivity contribution in [2.45, 2.75) is 31.8 Å². The molecule has 0 spiro atoms. The molecule has 0 aromatic heterocycles. The van der Waals surface area contributed by atoms with Gasteiger partial charge in [0.2, 0.25) is 0 Å². The van der Waals surface area contributed by atoms with Gasteiger partial charge < -0.3 is 9.84 Å². The SMILES string of the molecule is CCC(c1ccccc1)C(O)c1ccc(CCOC)cc1. The third kappa shape index (κ3) is 4.16. The Morgan fingerprint density at radius 3 is 2.19 bits per heavy atom. The molecular weight excluding hydrogens is 260 g/mol. The molecule has 1 N–H and O–H groups in total. The quantitative estimate of drug-likeness (QED) is 0.829. The van der Waals surface area contributed by atoms with Crippen LogP contribution in [-0.2, 0) is 11.2 Å². The van der Waals surface area contributed by atoms with E-state index in [1.54, 1.807) is 7.11 Å². The van der Waals surface area contributed by atoms with Crippen LogP contribution in [0.3, 0.4) is 0 Å². The second-order valence-corrected chi connectivity index (χ2v) is 5.35. The number of aliphatic hydroxyl groups is 1. The summed E-state index contributed by atoms with van der Waals surface area (Å²) in [6.07, 6.45) is 1.35. The van der Waals surface area contributed by atoms with Crippen molar-refractivity contribution in [2.75, 3.05) is 13.7 Å². The first-order valence-corrected chi connectivity index (χ1v) is 7.57. The van der Waals surface area contributed by atoms with Gasteiger partial charge in [-0.25, -0.2) is 0 Å². The third-order valence-corrected chi connectivity index (χ3v) is 3.96. The second-order valence-electron chi connectivity index (χ2n) is 5.35. The van der Waals surface area contributed by atoms with Crippen molar-refractivity contribution in [3.63, 3.8) is 0 Å². The molecule has 21 heavy (non-hydrogen) atoms. The predicted octanol–water partition coefficient (Wildman–Crippen LogP) is 4.10. The first-order valence-electron chi connectivity index (χ1n) is 7.57. The van der Waals surface area contributed by atoms with Gasteiger partial charge >= 0.3 is 0 Å². The van der Waals surface area contributed by atoms with Gasteiger partial charge in [0, 0.05) is 13.0 Å². The van der Waals surface area contributed by atoms with Crippen LogP contribution in [-0.4, -0.2) is 18.8 Å². The molecule has 0 radical (unpaired) electrons. The molecule has 0 saturated carbocycles. The molecule has 0 aliphatic heterocycles. The highest BCUT2D eigenvalue weighted by atomic mass is 16.5. The maximum Gasteiger partial charge on any atom is 0.0858 e. The summed E-state index contributed by atoms with van der Waals surface area (Å²) >= 11 is 0.